The normalized spacial score (nSPS) is 21.9. The van der Waals surface area contributed by atoms with E-state index in [1.807, 2.05) is 12.1 Å². The van der Waals surface area contributed by atoms with Gasteiger partial charge in [-0.15, -0.1) is 0 Å². The largest absolute Gasteiger partial charge is 0.310 e. The third-order valence-corrected chi connectivity index (χ3v) is 6.19. The van der Waals surface area contributed by atoms with Crippen LogP contribution >= 0.6 is 0 Å². The maximum atomic E-state index is 12.0. The molecule has 0 amide bonds. The Morgan fingerprint density at radius 1 is 1.45 bits per heavy atom. The summed E-state index contributed by atoms with van der Waals surface area (Å²) >= 11 is 0. The highest BCUT2D eigenvalue weighted by Crippen LogP contribution is 2.26. The minimum Gasteiger partial charge on any atom is -0.310 e. The second kappa shape index (κ2) is 4.84. The third-order valence-electron chi connectivity index (χ3n) is 3.91. The number of nitrogens with zero attached hydrogens (tertiary/aromatic N) is 3. The molecule has 1 atom stereocenters. The van der Waals surface area contributed by atoms with Crippen molar-refractivity contribution in [2.75, 3.05) is 5.75 Å². The number of hydrogen-bond donors (Lipinski definition) is 0. The first-order valence-electron chi connectivity index (χ1n) is 7.02. The summed E-state index contributed by atoms with van der Waals surface area (Å²) in [6.45, 7) is 4.14. The Morgan fingerprint density at radius 2 is 2.25 bits per heavy atom. The second-order valence-corrected chi connectivity index (χ2v) is 8.07. The molecular weight excluding hydrogens is 274 g/mol. The summed E-state index contributed by atoms with van der Waals surface area (Å²) in [6, 6.07) is 4.00. The minimum absolute atomic E-state index is 0.217. The van der Waals surface area contributed by atoms with E-state index in [2.05, 4.69) is 28.4 Å². The maximum absolute atomic E-state index is 12.0. The first kappa shape index (κ1) is 13.5. The number of fused-ring (bicyclic) bond motifs is 1. The molecule has 0 N–H and O–H groups in total. The zero-order valence-corrected chi connectivity index (χ0v) is 12.6. The summed E-state index contributed by atoms with van der Waals surface area (Å²) in [6.07, 6.45) is 3.76. The van der Waals surface area contributed by atoms with Gasteiger partial charge in [-0.25, -0.2) is 18.4 Å². The van der Waals surface area contributed by atoms with E-state index in [1.54, 1.807) is 6.20 Å². The Balaban J connectivity index is 2.05. The molecule has 2 aromatic heterocycles. The molecule has 0 aliphatic carbocycles. The number of rotatable bonds is 3. The van der Waals surface area contributed by atoms with E-state index < -0.39 is 9.84 Å². The Hall–Kier alpha value is -1.43. The highest BCUT2D eigenvalue weighted by atomic mass is 32.2. The van der Waals surface area contributed by atoms with Crippen LogP contribution in [0.4, 0.5) is 0 Å². The molecule has 0 aromatic carbocycles. The Labute approximate surface area is 119 Å². The van der Waals surface area contributed by atoms with Gasteiger partial charge in [-0.2, -0.15) is 0 Å². The third kappa shape index (κ3) is 2.22. The predicted molar refractivity (Wildman–Crippen MR) is 78.4 cm³/mol. The first-order chi connectivity index (χ1) is 9.49. The van der Waals surface area contributed by atoms with Crippen molar-refractivity contribution in [3.8, 4) is 0 Å². The topological polar surface area (TPSA) is 64.8 Å². The lowest BCUT2D eigenvalue weighted by Crippen LogP contribution is -2.21. The van der Waals surface area contributed by atoms with Gasteiger partial charge in [0.05, 0.1) is 11.0 Å². The molecule has 20 heavy (non-hydrogen) atoms. The molecule has 1 fully saturated rings. The summed E-state index contributed by atoms with van der Waals surface area (Å²) in [5, 5.41) is -0.281. The van der Waals surface area contributed by atoms with Crippen molar-refractivity contribution in [1.29, 1.82) is 0 Å². The Bertz CT molecular complexity index is 734. The van der Waals surface area contributed by atoms with Crippen LogP contribution in [0.2, 0.25) is 0 Å². The van der Waals surface area contributed by atoms with E-state index in [4.69, 9.17) is 0 Å². The van der Waals surface area contributed by atoms with Crippen molar-refractivity contribution in [2.24, 2.45) is 0 Å². The summed E-state index contributed by atoms with van der Waals surface area (Å²) in [5.74, 6) is 1.15. The van der Waals surface area contributed by atoms with Gasteiger partial charge in [0.25, 0.3) is 0 Å². The van der Waals surface area contributed by atoms with E-state index in [9.17, 15) is 8.42 Å². The van der Waals surface area contributed by atoms with Gasteiger partial charge in [0.2, 0.25) is 0 Å². The van der Waals surface area contributed by atoms with Gasteiger partial charge in [0.1, 0.15) is 11.3 Å². The van der Waals surface area contributed by atoms with Crippen LogP contribution in [-0.4, -0.2) is 34.0 Å². The Morgan fingerprint density at radius 3 is 2.90 bits per heavy atom. The van der Waals surface area contributed by atoms with Gasteiger partial charge in [0.15, 0.2) is 15.5 Å². The Kier molecular flexibility index (Phi) is 3.28. The molecule has 0 bridgehead atoms. The summed E-state index contributed by atoms with van der Waals surface area (Å²) in [7, 11) is -2.94. The van der Waals surface area contributed by atoms with Crippen LogP contribution in [0, 0.1) is 0 Å². The van der Waals surface area contributed by atoms with E-state index in [0.717, 1.165) is 29.8 Å². The van der Waals surface area contributed by atoms with Crippen molar-refractivity contribution in [3.63, 3.8) is 0 Å². The summed E-state index contributed by atoms with van der Waals surface area (Å²) in [4.78, 5) is 8.98. The van der Waals surface area contributed by atoms with Crippen LogP contribution in [0.5, 0.6) is 0 Å². The molecule has 0 radical (unpaired) electrons. The number of aromatic nitrogens is 3. The van der Waals surface area contributed by atoms with Crippen molar-refractivity contribution in [3.05, 3.63) is 24.2 Å². The molecule has 2 aromatic rings. The lowest BCUT2D eigenvalue weighted by molar-refractivity contribution is 0.557. The lowest BCUT2D eigenvalue weighted by atomic mass is 10.2. The van der Waals surface area contributed by atoms with E-state index in [0.29, 0.717) is 12.2 Å². The van der Waals surface area contributed by atoms with Crippen molar-refractivity contribution in [2.45, 2.75) is 44.4 Å². The average Bonchev–Trinajstić information content (AvgIpc) is 2.90. The van der Waals surface area contributed by atoms with Crippen molar-refractivity contribution >= 4 is 21.0 Å². The zero-order chi connectivity index (χ0) is 14.3. The van der Waals surface area contributed by atoms with Gasteiger partial charge in [-0.3, -0.25) is 0 Å². The molecular formula is C14H19N3O2S. The minimum atomic E-state index is -2.94. The van der Waals surface area contributed by atoms with Crippen LogP contribution in [0.25, 0.3) is 11.2 Å². The average molecular weight is 293 g/mol. The standard InChI is InChI=1S/C14H19N3O2S/c1-10(2)17-13(9-11-5-4-8-20(11,18)19)16-12-6-3-7-15-14(12)17/h3,6-7,10-11H,4-5,8-9H2,1-2H3. The zero-order valence-electron chi connectivity index (χ0n) is 11.8. The summed E-state index contributed by atoms with van der Waals surface area (Å²) < 4.78 is 26.1. The number of imidazole rings is 1. The number of sulfone groups is 1. The van der Waals surface area contributed by atoms with E-state index in [1.165, 1.54) is 0 Å². The highest BCUT2D eigenvalue weighted by molar-refractivity contribution is 7.92. The van der Waals surface area contributed by atoms with Gasteiger partial charge in [-0.05, 0) is 38.8 Å². The van der Waals surface area contributed by atoms with Crippen molar-refractivity contribution in [1.82, 2.24) is 14.5 Å². The number of pyridine rings is 1. The molecule has 1 aliphatic rings. The molecule has 6 heteroatoms. The molecule has 3 rings (SSSR count). The molecule has 3 heterocycles. The molecule has 1 saturated heterocycles. The van der Waals surface area contributed by atoms with E-state index in [-0.39, 0.29) is 11.3 Å². The fourth-order valence-electron chi connectivity index (χ4n) is 2.95. The van der Waals surface area contributed by atoms with Crippen LogP contribution < -0.4 is 0 Å². The molecule has 0 saturated carbocycles. The SMILES string of the molecule is CC(C)n1c(CC2CCCS2(=O)=O)nc2cccnc21. The van der Waals surface area contributed by atoms with Crippen molar-refractivity contribution < 1.29 is 8.42 Å². The van der Waals surface area contributed by atoms with Crippen LogP contribution in [0.3, 0.4) is 0 Å². The molecule has 108 valence electrons. The van der Waals surface area contributed by atoms with Gasteiger partial charge in [0, 0.05) is 18.7 Å². The smallest absolute Gasteiger partial charge is 0.160 e. The first-order valence-corrected chi connectivity index (χ1v) is 8.74. The van der Waals surface area contributed by atoms with Gasteiger partial charge >= 0.3 is 0 Å². The number of hydrogen-bond acceptors (Lipinski definition) is 4. The second-order valence-electron chi connectivity index (χ2n) is 5.67. The highest BCUT2D eigenvalue weighted by Gasteiger charge is 2.33. The van der Waals surface area contributed by atoms with Gasteiger partial charge < -0.3 is 4.57 Å². The fourth-order valence-corrected chi connectivity index (χ4v) is 4.79. The molecule has 0 spiro atoms. The van der Waals surface area contributed by atoms with Crippen LogP contribution in [0.1, 0.15) is 38.6 Å². The molecule has 1 aliphatic heterocycles. The van der Waals surface area contributed by atoms with Crippen LogP contribution in [-0.2, 0) is 16.3 Å². The molecule has 5 nitrogen and oxygen atoms in total. The maximum Gasteiger partial charge on any atom is 0.160 e. The molecule has 1 unspecified atom stereocenters. The lowest BCUT2D eigenvalue weighted by Gasteiger charge is -2.14. The van der Waals surface area contributed by atoms with Crippen LogP contribution in [0.15, 0.2) is 18.3 Å². The summed E-state index contributed by atoms with van der Waals surface area (Å²) in [5.41, 5.74) is 1.68. The fraction of sp³-hybridized carbons (Fsp3) is 0.571. The quantitative estimate of drug-likeness (QED) is 0.869. The van der Waals surface area contributed by atoms with Gasteiger partial charge in [-0.1, -0.05) is 0 Å². The monoisotopic (exact) mass is 293 g/mol. The van der Waals surface area contributed by atoms with E-state index >= 15 is 0 Å². The predicted octanol–water partition coefficient (Wildman–Crippen LogP) is 2.13.